The molecule has 1 atom stereocenters. The lowest BCUT2D eigenvalue weighted by Crippen LogP contribution is -2.31. The second-order valence-corrected chi connectivity index (χ2v) is 6.27. The molecule has 1 aromatic carbocycles. The molecule has 0 bridgehead atoms. The summed E-state index contributed by atoms with van der Waals surface area (Å²) in [5, 5.41) is 3.68. The minimum atomic E-state index is 0.650. The Labute approximate surface area is 120 Å². The van der Waals surface area contributed by atoms with Crippen molar-refractivity contribution >= 4 is 15.9 Å². The van der Waals surface area contributed by atoms with Gasteiger partial charge in [-0.15, -0.1) is 0 Å². The summed E-state index contributed by atoms with van der Waals surface area (Å²) < 4.78 is 1.24. The lowest BCUT2D eigenvalue weighted by atomic mass is 9.97. The van der Waals surface area contributed by atoms with Gasteiger partial charge in [0.1, 0.15) is 0 Å². The summed E-state index contributed by atoms with van der Waals surface area (Å²) in [4.78, 5) is 0. The average Bonchev–Trinajstić information content (AvgIpc) is 2.34. The first kappa shape index (κ1) is 15.7. The zero-order chi connectivity index (χ0) is 13.4. The Morgan fingerprint density at radius 2 is 1.94 bits per heavy atom. The van der Waals surface area contributed by atoms with Crippen LogP contribution in [0.15, 0.2) is 28.7 Å². The van der Waals surface area contributed by atoms with E-state index >= 15 is 0 Å². The third-order valence-corrected chi connectivity index (χ3v) is 3.93. The molecule has 0 saturated heterocycles. The fourth-order valence-corrected chi connectivity index (χ4v) is 2.73. The molecule has 1 unspecified atom stereocenters. The molecular weight excluding hydrogens is 286 g/mol. The molecule has 2 heteroatoms. The van der Waals surface area contributed by atoms with Crippen LogP contribution in [0.2, 0.25) is 0 Å². The fourth-order valence-electron chi connectivity index (χ4n) is 2.25. The van der Waals surface area contributed by atoms with Crippen molar-refractivity contribution in [1.82, 2.24) is 5.32 Å². The molecule has 1 rings (SSSR count). The van der Waals surface area contributed by atoms with Gasteiger partial charge in [0.15, 0.2) is 0 Å². The highest BCUT2D eigenvalue weighted by atomic mass is 79.9. The standard InChI is InChI=1S/C16H26BrN/c1-4-11-18-15(12-13(2)3)10-9-14-7-5-6-8-16(14)17/h5-8,13,15,18H,4,9-12H2,1-3H3. The molecule has 0 fully saturated rings. The summed E-state index contributed by atoms with van der Waals surface area (Å²) >= 11 is 3.63. The van der Waals surface area contributed by atoms with Gasteiger partial charge >= 0.3 is 0 Å². The molecule has 1 aromatic rings. The van der Waals surface area contributed by atoms with E-state index in [9.17, 15) is 0 Å². The van der Waals surface area contributed by atoms with E-state index in [-0.39, 0.29) is 0 Å². The van der Waals surface area contributed by atoms with Crippen LogP contribution in [0.25, 0.3) is 0 Å². The minimum Gasteiger partial charge on any atom is -0.314 e. The van der Waals surface area contributed by atoms with Crippen molar-refractivity contribution in [3.63, 3.8) is 0 Å². The molecule has 0 aromatic heterocycles. The lowest BCUT2D eigenvalue weighted by Gasteiger charge is -2.20. The van der Waals surface area contributed by atoms with Crippen molar-refractivity contribution in [2.24, 2.45) is 5.92 Å². The predicted molar refractivity (Wildman–Crippen MR) is 84.0 cm³/mol. The van der Waals surface area contributed by atoms with Crippen LogP contribution in [0.4, 0.5) is 0 Å². The van der Waals surface area contributed by atoms with Gasteiger partial charge in [-0.1, -0.05) is 54.9 Å². The highest BCUT2D eigenvalue weighted by Gasteiger charge is 2.10. The topological polar surface area (TPSA) is 12.0 Å². The zero-order valence-corrected chi connectivity index (χ0v) is 13.5. The number of halogens is 1. The number of benzene rings is 1. The number of aryl methyl sites for hydroxylation is 1. The van der Waals surface area contributed by atoms with Gasteiger partial charge in [-0.2, -0.15) is 0 Å². The van der Waals surface area contributed by atoms with E-state index < -0.39 is 0 Å². The van der Waals surface area contributed by atoms with Crippen LogP contribution in [0, 0.1) is 5.92 Å². The molecule has 0 spiro atoms. The van der Waals surface area contributed by atoms with E-state index in [1.54, 1.807) is 0 Å². The van der Waals surface area contributed by atoms with Crippen molar-refractivity contribution in [3.8, 4) is 0 Å². The van der Waals surface area contributed by atoms with Crippen LogP contribution in [0.3, 0.4) is 0 Å². The first-order valence-electron chi connectivity index (χ1n) is 7.10. The summed E-state index contributed by atoms with van der Waals surface area (Å²) in [6, 6.07) is 9.20. The van der Waals surface area contributed by atoms with Crippen molar-refractivity contribution in [1.29, 1.82) is 0 Å². The molecule has 0 saturated carbocycles. The average molecular weight is 312 g/mol. The molecule has 1 N–H and O–H groups in total. The lowest BCUT2D eigenvalue weighted by molar-refractivity contribution is 0.398. The number of rotatable bonds is 8. The Bertz CT molecular complexity index is 336. The quantitative estimate of drug-likeness (QED) is 0.727. The van der Waals surface area contributed by atoms with Crippen LogP contribution in [-0.2, 0) is 6.42 Å². The normalized spacial score (nSPS) is 12.9. The van der Waals surface area contributed by atoms with E-state index in [4.69, 9.17) is 0 Å². The van der Waals surface area contributed by atoms with E-state index in [1.165, 1.54) is 29.3 Å². The summed E-state index contributed by atoms with van der Waals surface area (Å²) in [7, 11) is 0. The molecule has 0 heterocycles. The molecule has 0 amide bonds. The van der Waals surface area contributed by atoms with Crippen LogP contribution in [0.1, 0.15) is 45.6 Å². The van der Waals surface area contributed by atoms with E-state index in [0.29, 0.717) is 6.04 Å². The van der Waals surface area contributed by atoms with Crippen LogP contribution < -0.4 is 5.32 Å². The number of hydrogen-bond acceptors (Lipinski definition) is 1. The first-order valence-corrected chi connectivity index (χ1v) is 7.89. The summed E-state index contributed by atoms with van der Waals surface area (Å²) in [6.45, 7) is 7.97. The molecule has 18 heavy (non-hydrogen) atoms. The second kappa shape index (κ2) is 8.71. The number of nitrogens with one attached hydrogen (secondary N) is 1. The van der Waals surface area contributed by atoms with Crippen LogP contribution in [-0.4, -0.2) is 12.6 Å². The van der Waals surface area contributed by atoms with Gasteiger partial charge < -0.3 is 5.32 Å². The third kappa shape index (κ3) is 6.01. The monoisotopic (exact) mass is 311 g/mol. The minimum absolute atomic E-state index is 0.650. The number of hydrogen-bond donors (Lipinski definition) is 1. The van der Waals surface area contributed by atoms with Crippen LogP contribution >= 0.6 is 15.9 Å². The van der Waals surface area contributed by atoms with E-state index in [0.717, 1.165) is 18.9 Å². The Hall–Kier alpha value is -0.340. The smallest absolute Gasteiger partial charge is 0.0207 e. The highest BCUT2D eigenvalue weighted by molar-refractivity contribution is 9.10. The van der Waals surface area contributed by atoms with Crippen LogP contribution in [0.5, 0.6) is 0 Å². The second-order valence-electron chi connectivity index (χ2n) is 5.41. The van der Waals surface area contributed by atoms with Gasteiger partial charge in [0, 0.05) is 10.5 Å². The fraction of sp³-hybridized carbons (Fsp3) is 0.625. The third-order valence-electron chi connectivity index (χ3n) is 3.16. The van der Waals surface area contributed by atoms with Crippen molar-refractivity contribution in [2.45, 2.75) is 52.5 Å². The maximum atomic E-state index is 3.68. The predicted octanol–water partition coefficient (Wildman–Crippen LogP) is 4.80. The maximum absolute atomic E-state index is 3.68. The largest absolute Gasteiger partial charge is 0.314 e. The molecule has 102 valence electrons. The molecule has 0 aliphatic carbocycles. The van der Waals surface area contributed by atoms with Gasteiger partial charge in [0.05, 0.1) is 0 Å². The van der Waals surface area contributed by atoms with Gasteiger partial charge in [-0.3, -0.25) is 0 Å². The van der Waals surface area contributed by atoms with Gasteiger partial charge in [0.2, 0.25) is 0 Å². The van der Waals surface area contributed by atoms with E-state index in [2.05, 4.69) is 66.3 Å². The molecular formula is C16H26BrN. The van der Waals surface area contributed by atoms with Crippen molar-refractivity contribution in [3.05, 3.63) is 34.3 Å². The summed E-state index contributed by atoms with van der Waals surface area (Å²) in [5.74, 6) is 0.763. The Kier molecular flexibility index (Phi) is 7.60. The van der Waals surface area contributed by atoms with Gasteiger partial charge in [-0.05, 0) is 49.8 Å². The van der Waals surface area contributed by atoms with E-state index in [1.807, 2.05) is 0 Å². The molecule has 0 radical (unpaired) electrons. The van der Waals surface area contributed by atoms with Crippen molar-refractivity contribution in [2.75, 3.05) is 6.54 Å². The maximum Gasteiger partial charge on any atom is 0.0207 e. The van der Waals surface area contributed by atoms with Gasteiger partial charge in [-0.25, -0.2) is 0 Å². The summed E-state index contributed by atoms with van der Waals surface area (Å²) in [6.07, 6.45) is 4.85. The highest BCUT2D eigenvalue weighted by Crippen LogP contribution is 2.19. The van der Waals surface area contributed by atoms with Crippen molar-refractivity contribution < 1.29 is 0 Å². The Balaban J connectivity index is 2.47. The molecule has 0 aliphatic rings. The molecule has 1 nitrogen and oxygen atoms in total. The Morgan fingerprint density at radius 3 is 2.56 bits per heavy atom. The zero-order valence-electron chi connectivity index (χ0n) is 11.9. The van der Waals surface area contributed by atoms with Gasteiger partial charge in [0.25, 0.3) is 0 Å². The molecule has 0 aliphatic heterocycles. The SMILES string of the molecule is CCCNC(CCc1ccccc1Br)CC(C)C. The first-order chi connectivity index (χ1) is 8.63. The summed E-state index contributed by atoms with van der Waals surface area (Å²) in [5.41, 5.74) is 1.42. The Morgan fingerprint density at radius 1 is 1.22 bits per heavy atom.